The number of methoxy groups -OCH3 is 1. The first-order chi connectivity index (χ1) is 22.3. The molecule has 0 fully saturated rings. The van der Waals surface area contributed by atoms with Crippen LogP contribution in [0.15, 0.2) is 81.6 Å². The molecule has 0 saturated carbocycles. The lowest BCUT2D eigenvalue weighted by atomic mass is 9.96. The van der Waals surface area contributed by atoms with Crippen LogP contribution in [0, 0.1) is 0 Å². The number of halogens is 4. The zero-order chi connectivity index (χ0) is 34.2. The van der Waals surface area contributed by atoms with Crippen molar-refractivity contribution in [3.8, 4) is 22.3 Å². The van der Waals surface area contributed by atoms with E-state index in [1.165, 1.54) is 7.11 Å². The summed E-state index contributed by atoms with van der Waals surface area (Å²) in [5.74, 6) is -1.19. The molecular formula is C37H30Cl4O6. The standard InChI is InChI=1S/C19H16Cl2O3.C18H14Cl2O3/c1-10(2)16-15-6-4-5-14(11-7-12(20)9-13(21)8-11)17(15)24-18(16)19(22)23-3;1-9(2)15-14-5-3-4-13(16(14)23-17(15)18(21)22)10-6-11(19)8-12(20)7-10/h4-10H,1-3H3;3-9H,1-2H3,(H,21,22). The molecule has 10 heteroatoms. The molecular weight excluding hydrogens is 682 g/mol. The van der Waals surface area contributed by atoms with Crippen molar-refractivity contribution in [3.63, 3.8) is 0 Å². The van der Waals surface area contributed by atoms with E-state index in [9.17, 15) is 14.7 Å². The van der Waals surface area contributed by atoms with Gasteiger partial charge in [0, 0.05) is 53.1 Å². The first kappa shape index (κ1) is 34.4. The number of benzene rings is 4. The average Bonchev–Trinajstić information content (AvgIpc) is 3.60. The number of ether oxygens (including phenoxy) is 1. The lowest BCUT2D eigenvalue weighted by molar-refractivity contribution is 0.0564. The molecule has 6 rings (SSSR count). The van der Waals surface area contributed by atoms with Gasteiger partial charge in [-0.2, -0.15) is 0 Å². The van der Waals surface area contributed by atoms with Gasteiger partial charge >= 0.3 is 11.9 Å². The number of rotatable bonds is 6. The molecule has 0 bridgehead atoms. The summed E-state index contributed by atoms with van der Waals surface area (Å²) in [5.41, 5.74) is 5.91. The molecule has 0 aliphatic carbocycles. The second-order valence-electron chi connectivity index (χ2n) is 11.5. The Kier molecular flexibility index (Phi) is 10.3. The largest absolute Gasteiger partial charge is 0.475 e. The maximum Gasteiger partial charge on any atom is 0.374 e. The van der Waals surface area contributed by atoms with Gasteiger partial charge in [0.05, 0.1) is 7.11 Å². The number of furan rings is 2. The van der Waals surface area contributed by atoms with Gasteiger partial charge in [-0.1, -0.05) is 110 Å². The molecule has 4 aromatic carbocycles. The number of carboxylic acids is 1. The minimum absolute atomic E-state index is 0.0180. The van der Waals surface area contributed by atoms with Crippen molar-refractivity contribution in [2.45, 2.75) is 39.5 Å². The van der Waals surface area contributed by atoms with Crippen molar-refractivity contribution in [1.82, 2.24) is 0 Å². The zero-order valence-electron chi connectivity index (χ0n) is 26.1. The van der Waals surface area contributed by atoms with E-state index in [2.05, 4.69) is 0 Å². The van der Waals surface area contributed by atoms with Crippen LogP contribution in [0.3, 0.4) is 0 Å². The highest BCUT2D eigenvalue weighted by atomic mass is 35.5. The molecule has 0 unspecified atom stereocenters. The minimum atomic E-state index is -1.07. The van der Waals surface area contributed by atoms with E-state index < -0.39 is 11.9 Å². The third kappa shape index (κ3) is 7.02. The highest BCUT2D eigenvalue weighted by Gasteiger charge is 2.26. The second-order valence-corrected chi connectivity index (χ2v) is 13.2. The van der Waals surface area contributed by atoms with Crippen molar-refractivity contribution in [3.05, 3.63) is 116 Å². The predicted molar refractivity (Wildman–Crippen MR) is 190 cm³/mol. The normalized spacial score (nSPS) is 11.3. The Morgan fingerprint density at radius 1 is 0.638 bits per heavy atom. The fourth-order valence-corrected chi connectivity index (χ4v) is 6.75. The van der Waals surface area contributed by atoms with Gasteiger partial charge in [0.15, 0.2) is 0 Å². The van der Waals surface area contributed by atoms with E-state index in [0.717, 1.165) is 38.6 Å². The Balaban J connectivity index is 0.000000185. The van der Waals surface area contributed by atoms with E-state index in [4.69, 9.17) is 60.0 Å². The number of para-hydroxylation sites is 2. The van der Waals surface area contributed by atoms with Gasteiger partial charge in [0.25, 0.3) is 0 Å². The van der Waals surface area contributed by atoms with E-state index in [-0.39, 0.29) is 23.4 Å². The van der Waals surface area contributed by atoms with Gasteiger partial charge in [0.2, 0.25) is 11.5 Å². The quantitative estimate of drug-likeness (QED) is 0.173. The molecule has 0 spiro atoms. The van der Waals surface area contributed by atoms with Gasteiger partial charge in [-0.15, -0.1) is 0 Å². The Hall–Kier alpha value is -3.94. The summed E-state index contributed by atoms with van der Waals surface area (Å²) < 4.78 is 16.5. The minimum Gasteiger partial charge on any atom is -0.475 e. The van der Waals surface area contributed by atoms with Crippen LogP contribution >= 0.6 is 46.4 Å². The van der Waals surface area contributed by atoms with E-state index in [0.29, 0.717) is 36.8 Å². The van der Waals surface area contributed by atoms with E-state index in [1.807, 2.05) is 76.2 Å². The molecule has 2 aromatic heterocycles. The number of aromatic carboxylic acids is 1. The molecule has 6 nitrogen and oxygen atoms in total. The highest BCUT2D eigenvalue weighted by Crippen LogP contribution is 2.40. The molecule has 0 radical (unpaired) electrons. The van der Waals surface area contributed by atoms with Gasteiger partial charge in [-0.25, -0.2) is 9.59 Å². The second kappa shape index (κ2) is 14.0. The molecule has 0 amide bonds. The summed E-state index contributed by atoms with van der Waals surface area (Å²) in [7, 11) is 1.34. The number of hydrogen-bond donors (Lipinski definition) is 1. The van der Waals surface area contributed by atoms with Crippen LogP contribution in [0.5, 0.6) is 0 Å². The molecule has 0 aliphatic rings. The summed E-state index contributed by atoms with van der Waals surface area (Å²) >= 11 is 24.4. The molecule has 47 heavy (non-hydrogen) atoms. The Labute approximate surface area is 291 Å². The van der Waals surface area contributed by atoms with E-state index in [1.54, 1.807) is 24.3 Å². The van der Waals surface area contributed by atoms with Crippen molar-refractivity contribution < 1.29 is 28.3 Å². The molecule has 0 saturated heterocycles. The van der Waals surface area contributed by atoms with Gasteiger partial charge in [0.1, 0.15) is 11.2 Å². The fourth-order valence-electron chi connectivity index (χ4n) is 5.70. The third-order valence-electron chi connectivity index (χ3n) is 7.57. The van der Waals surface area contributed by atoms with E-state index >= 15 is 0 Å². The zero-order valence-corrected chi connectivity index (χ0v) is 29.1. The fraction of sp³-hybridized carbons (Fsp3) is 0.189. The number of fused-ring (bicyclic) bond motifs is 2. The SMILES string of the molecule is CC(C)c1c(C(=O)O)oc2c(-c3cc(Cl)cc(Cl)c3)cccc12.COC(=O)c1oc2c(-c3cc(Cl)cc(Cl)c3)cccc2c1C(C)C. The van der Waals surface area contributed by atoms with Crippen molar-refractivity contribution in [2.24, 2.45) is 0 Å². The summed E-state index contributed by atoms with van der Waals surface area (Å²) in [4.78, 5) is 23.6. The Morgan fingerprint density at radius 3 is 1.38 bits per heavy atom. The maximum absolute atomic E-state index is 12.1. The van der Waals surface area contributed by atoms with Crippen LogP contribution in [-0.4, -0.2) is 24.2 Å². The number of carboxylic acid groups (broad SMARTS) is 1. The summed E-state index contributed by atoms with van der Waals surface area (Å²) in [6, 6.07) is 21.9. The molecule has 0 atom stereocenters. The van der Waals surface area contributed by atoms with Crippen LogP contribution in [0.2, 0.25) is 20.1 Å². The maximum atomic E-state index is 12.1. The van der Waals surface area contributed by atoms with Crippen LogP contribution in [-0.2, 0) is 4.74 Å². The van der Waals surface area contributed by atoms with Crippen molar-refractivity contribution in [2.75, 3.05) is 7.11 Å². The number of hydrogen-bond acceptors (Lipinski definition) is 5. The van der Waals surface area contributed by atoms with Gasteiger partial charge in [-0.05, 0) is 59.4 Å². The van der Waals surface area contributed by atoms with Crippen LogP contribution in [0.1, 0.15) is 71.8 Å². The van der Waals surface area contributed by atoms with Gasteiger partial charge in [-0.3, -0.25) is 0 Å². The molecule has 6 aromatic rings. The third-order valence-corrected chi connectivity index (χ3v) is 8.45. The Bertz CT molecular complexity index is 2100. The lowest BCUT2D eigenvalue weighted by Gasteiger charge is -2.06. The number of carbonyl (C=O) groups is 2. The first-order valence-electron chi connectivity index (χ1n) is 14.7. The van der Waals surface area contributed by atoms with Crippen LogP contribution in [0.4, 0.5) is 0 Å². The lowest BCUT2D eigenvalue weighted by Crippen LogP contribution is -2.03. The topological polar surface area (TPSA) is 89.9 Å². The van der Waals surface area contributed by atoms with Crippen LogP contribution < -0.4 is 0 Å². The van der Waals surface area contributed by atoms with Gasteiger partial charge < -0.3 is 18.7 Å². The van der Waals surface area contributed by atoms with Crippen LogP contribution in [0.25, 0.3) is 44.2 Å². The first-order valence-corrected chi connectivity index (χ1v) is 16.2. The Morgan fingerprint density at radius 2 is 1.02 bits per heavy atom. The molecule has 1 N–H and O–H groups in total. The number of carbonyl (C=O) groups excluding carboxylic acids is 1. The summed E-state index contributed by atoms with van der Waals surface area (Å²) in [6.07, 6.45) is 0. The number of esters is 1. The summed E-state index contributed by atoms with van der Waals surface area (Å²) in [5, 5.41) is 13.2. The molecule has 2 heterocycles. The average molecular weight is 712 g/mol. The molecule has 0 aliphatic heterocycles. The van der Waals surface area contributed by atoms with Crippen molar-refractivity contribution >= 4 is 80.3 Å². The highest BCUT2D eigenvalue weighted by molar-refractivity contribution is 6.35. The van der Waals surface area contributed by atoms with Crippen molar-refractivity contribution in [1.29, 1.82) is 0 Å². The monoisotopic (exact) mass is 710 g/mol. The summed E-state index contributed by atoms with van der Waals surface area (Å²) in [6.45, 7) is 7.92. The molecule has 242 valence electrons. The predicted octanol–water partition coefficient (Wildman–Crippen LogP) is 12.5. The smallest absolute Gasteiger partial charge is 0.374 e.